The SMILES string of the molecule is CCOc1cc([C@H]2C3=CC[C@@H]4C(=O)N(c5ccc([N+](=O)[O-])cc5)C(=O)[C@@H]4[C@@H]3C[C@H]3C(=O)C(c4ccccc4)=CC(=O)[C@@]23c2ccccc2)ccc1O. The van der Waals surface area contributed by atoms with Crippen LogP contribution in [-0.2, 0) is 24.6 Å². The second-order valence-corrected chi connectivity index (χ2v) is 13.7. The average Bonchev–Trinajstić information content (AvgIpc) is 3.42. The number of imide groups is 1. The second kappa shape index (κ2) is 12.6. The molecule has 1 saturated heterocycles. The molecule has 1 heterocycles. The summed E-state index contributed by atoms with van der Waals surface area (Å²) in [6.45, 7) is 2.07. The van der Waals surface area contributed by atoms with Gasteiger partial charge in [-0.2, -0.15) is 0 Å². The van der Waals surface area contributed by atoms with Crippen molar-refractivity contribution in [1.29, 1.82) is 0 Å². The number of allylic oxidation sites excluding steroid dienone is 4. The molecule has 0 bridgehead atoms. The maximum Gasteiger partial charge on any atom is 0.269 e. The number of phenolic OH excluding ortho intramolecular Hbond substituents is 1. The first kappa shape index (κ1) is 33.0. The van der Waals surface area contributed by atoms with Crippen LogP contribution in [0.25, 0.3) is 5.57 Å². The standard InChI is InChI=1S/C42H34N2O8/c1-2-52-35-21-25(13-20-34(35)45)38-29-18-19-30-37(41(49)43(40(30)48)27-14-16-28(17-15-27)44(50)51)32(29)22-33-39(47)31(24-9-5-3-6-10-24)23-36(46)42(33,38)26-11-7-4-8-12-26/h3-18,20-21,23,30,32-33,37-38,45H,2,19,22H2,1H3/t30-,32+,33-,37-,38-,42-/m0/s1. The van der Waals surface area contributed by atoms with Crippen LogP contribution in [0.15, 0.2) is 121 Å². The van der Waals surface area contributed by atoms with Crippen molar-refractivity contribution in [3.05, 3.63) is 148 Å². The number of carbonyl (C=O) groups excluding carboxylic acids is 4. The van der Waals surface area contributed by atoms with E-state index in [9.17, 15) is 24.8 Å². The summed E-state index contributed by atoms with van der Waals surface area (Å²) in [5.41, 5.74) is 1.62. The molecule has 1 saturated carbocycles. The molecule has 0 radical (unpaired) electrons. The Balaban J connectivity index is 1.34. The van der Waals surface area contributed by atoms with Crippen molar-refractivity contribution in [2.24, 2.45) is 23.7 Å². The molecule has 4 aromatic carbocycles. The van der Waals surface area contributed by atoms with Crippen LogP contribution in [0.2, 0.25) is 0 Å². The fourth-order valence-corrected chi connectivity index (χ4v) is 9.21. The van der Waals surface area contributed by atoms with E-state index in [1.54, 1.807) is 31.2 Å². The number of ketones is 2. The van der Waals surface area contributed by atoms with Gasteiger partial charge in [0.1, 0.15) is 0 Å². The Hall–Kier alpha value is -6.16. The summed E-state index contributed by atoms with van der Waals surface area (Å²) in [5, 5.41) is 22.1. The molecule has 0 spiro atoms. The predicted octanol–water partition coefficient (Wildman–Crippen LogP) is 6.73. The minimum absolute atomic E-state index is 0.0754. The quantitative estimate of drug-likeness (QED) is 0.0971. The molecular weight excluding hydrogens is 660 g/mol. The van der Waals surface area contributed by atoms with Gasteiger partial charge in [-0.05, 0) is 72.7 Å². The van der Waals surface area contributed by atoms with Crippen LogP contribution in [0.4, 0.5) is 11.4 Å². The number of carbonyl (C=O) groups is 4. The maximum absolute atomic E-state index is 15.2. The van der Waals surface area contributed by atoms with E-state index in [0.717, 1.165) is 10.5 Å². The zero-order valence-corrected chi connectivity index (χ0v) is 28.2. The first-order valence-electron chi connectivity index (χ1n) is 17.4. The average molecular weight is 695 g/mol. The van der Waals surface area contributed by atoms with Crippen molar-refractivity contribution in [2.75, 3.05) is 11.5 Å². The van der Waals surface area contributed by atoms with Crippen LogP contribution >= 0.6 is 0 Å². The highest BCUT2D eigenvalue weighted by atomic mass is 16.6. The molecule has 3 aliphatic carbocycles. The lowest BCUT2D eigenvalue weighted by atomic mass is 9.44. The number of Topliss-reactive ketones (excluding diaryl/α,β-unsaturated/α-hetero) is 1. The van der Waals surface area contributed by atoms with E-state index in [2.05, 4.69) is 0 Å². The highest BCUT2D eigenvalue weighted by Crippen LogP contribution is 2.64. The van der Waals surface area contributed by atoms with Gasteiger partial charge >= 0.3 is 0 Å². The summed E-state index contributed by atoms with van der Waals surface area (Å²) in [5.74, 6) is -5.02. The molecule has 1 N–H and O–H groups in total. The smallest absolute Gasteiger partial charge is 0.269 e. The number of benzene rings is 4. The van der Waals surface area contributed by atoms with Crippen molar-refractivity contribution in [1.82, 2.24) is 0 Å². The van der Waals surface area contributed by atoms with Gasteiger partial charge in [0.15, 0.2) is 23.1 Å². The van der Waals surface area contributed by atoms with Crippen molar-refractivity contribution in [3.8, 4) is 11.5 Å². The Morgan fingerprint density at radius 2 is 1.58 bits per heavy atom. The molecule has 4 aliphatic rings. The molecule has 0 unspecified atom stereocenters. The molecule has 10 heteroatoms. The lowest BCUT2D eigenvalue weighted by Crippen LogP contribution is -2.58. The summed E-state index contributed by atoms with van der Waals surface area (Å²) in [6, 6.07) is 28.6. The normalized spacial score (nSPS) is 26.6. The minimum atomic E-state index is -1.42. The van der Waals surface area contributed by atoms with Crippen molar-refractivity contribution in [2.45, 2.75) is 31.1 Å². The van der Waals surface area contributed by atoms with E-state index >= 15 is 9.59 Å². The number of non-ortho nitro benzene ring substituents is 1. The van der Waals surface area contributed by atoms with Gasteiger partial charge in [-0.15, -0.1) is 0 Å². The number of hydrogen-bond acceptors (Lipinski definition) is 8. The number of nitrogens with zero attached hydrogens (tertiary/aromatic N) is 2. The third kappa shape index (κ3) is 4.85. The highest BCUT2D eigenvalue weighted by molar-refractivity contribution is 6.32. The van der Waals surface area contributed by atoms with E-state index in [-0.39, 0.29) is 53.9 Å². The molecule has 10 nitrogen and oxygen atoms in total. The Morgan fingerprint density at radius 1 is 0.885 bits per heavy atom. The largest absolute Gasteiger partial charge is 0.504 e. The number of rotatable bonds is 7. The van der Waals surface area contributed by atoms with Gasteiger partial charge in [0.2, 0.25) is 11.8 Å². The zero-order chi connectivity index (χ0) is 36.3. The molecule has 2 amide bonds. The van der Waals surface area contributed by atoms with Gasteiger partial charge in [0, 0.05) is 29.5 Å². The van der Waals surface area contributed by atoms with Crippen LogP contribution in [0.1, 0.15) is 42.4 Å². The van der Waals surface area contributed by atoms with Gasteiger partial charge in [-0.1, -0.05) is 78.4 Å². The van der Waals surface area contributed by atoms with Crippen LogP contribution in [0, 0.1) is 33.8 Å². The van der Waals surface area contributed by atoms with Gasteiger partial charge in [0.05, 0.1) is 34.5 Å². The zero-order valence-electron chi connectivity index (χ0n) is 28.2. The highest BCUT2D eigenvalue weighted by Gasteiger charge is 2.66. The number of fused-ring (bicyclic) bond motifs is 4. The van der Waals surface area contributed by atoms with Crippen LogP contribution < -0.4 is 9.64 Å². The summed E-state index contributed by atoms with van der Waals surface area (Å²) >= 11 is 0. The predicted molar refractivity (Wildman–Crippen MR) is 191 cm³/mol. The minimum Gasteiger partial charge on any atom is -0.504 e. The van der Waals surface area contributed by atoms with Gasteiger partial charge in [-0.3, -0.25) is 34.2 Å². The molecular formula is C42H34N2O8. The molecule has 260 valence electrons. The number of anilines is 1. The fourth-order valence-electron chi connectivity index (χ4n) is 9.21. The van der Waals surface area contributed by atoms with E-state index in [1.165, 1.54) is 36.4 Å². The monoisotopic (exact) mass is 694 g/mol. The number of hydrogen-bond donors (Lipinski definition) is 1. The van der Waals surface area contributed by atoms with E-state index < -0.39 is 51.7 Å². The van der Waals surface area contributed by atoms with Crippen LogP contribution in [0.3, 0.4) is 0 Å². The molecule has 0 aromatic heterocycles. The van der Waals surface area contributed by atoms with E-state index in [1.807, 2.05) is 54.6 Å². The van der Waals surface area contributed by atoms with Crippen LogP contribution in [0.5, 0.6) is 11.5 Å². The Bertz CT molecular complexity index is 2210. The Morgan fingerprint density at radius 3 is 2.25 bits per heavy atom. The molecule has 6 atom stereocenters. The second-order valence-electron chi connectivity index (χ2n) is 13.7. The number of nitro groups is 1. The first-order chi connectivity index (χ1) is 25.2. The number of amides is 2. The molecule has 4 aromatic rings. The van der Waals surface area contributed by atoms with Gasteiger partial charge in [0.25, 0.3) is 5.69 Å². The number of phenols is 1. The van der Waals surface area contributed by atoms with Crippen molar-refractivity contribution < 1.29 is 33.9 Å². The van der Waals surface area contributed by atoms with Gasteiger partial charge < -0.3 is 9.84 Å². The van der Waals surface area contributed by atoms with Gasteiger partial charge in [-0.25, -0.2) is 0 Å². The van der Waals surface area contributed by atoms with E-state index in [4.69, 9.17) is 4.74 Å². The maximum atomic E-state index is 15.2. The fraction of sp³-hybridized carbons (Fsp3) is 0.238. The van der Waals surface area contributed by atoms with E-state index in [0.29, 0.717) is 22.3 Å². The number of ether oxygens (including phenoxy) is 1. The van der Waals surface area contributed by atoms with Crippen molar-refractivity contribution >= 4 is 40.3 Å². The number of aromatic hydroxyl groups is 1. The topological polar surface area (TPSA) is 144 Å². The molecule has 8 rings (SSSR count). The lowest BCUT2D eigenvalue weighted by molar-refractivity contribution is -0.384. The summed E-state index contributed by atoms with van der Waals surface area (Å²) in [7, 11) is 0. The van der Waals surface area contributed by atoms with Crippen molar-refractivity contribution in [3.63, 3.8) is 0 Å². The third-order valence-electron chi connectivity index (χ3n) is 11.3. The Kier molecular flexibility index (Phi) is 7.97. The number of nitro benzene ring substituents is 1. The lowest BCUT2D eigenvalue weighted by Gasteiger charge is -2.55. The van der Waals surface area contributed by atoms with Crippen LogP contribution in [-0.4, -0.2) is 40.0 Å². The first-order valence-corrected chi connectivity index (χ1v) is 17.4. The summed E-state index contributed by atoms with van der Waals surface area (Å²) in [4.78, 5) is 70.7. The Labute approximate surface area is 299 Å². The summed E-state index contributed by atoms with van der Waals surface area (Å²) < 4.78 is 5.81. The molecule has 52 heavy (non-hydrogen) atoms. The molecule has 2 fully saturated rings. The molecule has 1 aliphatic heterocycles. The summed E-state index contributed by atoms with van der Waals surface area (Å²) in [6.07, 6.45) is 3.78. The third-order valence-corrected chi connectivity index (χ3v) is 11.3.